The monoisotopic (exact) mass is 492 g/mol. The Morgan fingerprint density at radius 2 is 0.848 bits per heavy atom. The molecule has 0 aromatic heterocycles. The van der Waals surface area contributed by atoms with Gasteiger partial charge in [-0.2, -0.15) is 0 Å². The number of hydrogen-bond donors (Lipinski definition) is 2. The second kappa shape index (κ2) is 10.6. The number of carbonyl (C=O) groups is 2. The van der Waals surface area contributed by atoms with Gasteiger partial charge in [-0.3, -0.25) is 9.59 Å². The first-order valence-corrected chi connectivity index (χ1v) is 11.6. The van der Waals surface area contributed by atoms with Crippen LogP contribution >= 0.6 is 35.0 Å². The molecule has 0 aliphatic rings. The summed E-state index contributed by atoms with van der Waals surface area (Å²) in [6.45, 7) is 0. The predicted octanol–water partition coefficient (Wildman–Crippen LogP) is 7.65. The molecule has 4 aromatic carbocycles. The van der Waals surface area contributed by atoms with Gasteiger partial charge >= 0.3 is 0 Å². The molecule has 7 heteroatoms. The smallest absolute Gasteiger partial charge is 0.255 e. The van der Waals surface area contributed by atoms with Gasteiger partial charge in [0.15, 0.2) is 0 Å². The third-order valence-electron chi connectivity index (χ3n) is 4.67. The third kappa shape index (κ3) is 6.39. The summed E-state index contributed by atoms with van der Waals surface area (Å²) >= 11 is 13.3. The average molecular weight is 493 g/mol. The highest BCUT2D eigenvalue weighted by Crippen LogP contribution is 2.28. The second-order valence-corrected chi connectivity index (χ2v) is 9.09. The van der Waals surface area contributed by atoms with E-state index in [1.807, 2.05) is 24.3 Å². The van der Waals surface area contributed by atoms with Gasteiger partial charge in [-0.1, -0.05) is 35.0 Å². The van der Waals surface area contributed by atoms with Crippen LogP contribution in [0.25, 0.3) is 0 Å². The Bertz CT molecular complexity index is 1160. The first-order valence-electron chi connectivity index (χ1n) is 9.98. The zero-order chi connectivity index (χ0) is 23.2. The molecule has 0 bridgehead atoms. The summed E-state index contributed by atoms with van der Waals surface area (Å²) < 4.78 is 0. The number of hydrogen-bond acceptors (Lipinski definition) is 3. The molecule has 164 valence electrons. The molecule has 0 aliphatic carbocycles. The fourth-order valence-corrected chi connectivity index (χ4v) is 4.03. The van der Waals surface area contributed by atoms with Crippen LogP contribution in [0, 0.1) is 0 Å². The van der Waals surface area contributed by atoms with Crippen molar-refractivity contribution < 1.29 is 9.59 Å². The van der Waals surface area contributed by atoms with Crippen molar-refractivity contribution in [3.05, 3.63) is 118 Å². The van der Waals surface area contributed by atoms with E-state index in [1.54, 1.807) is 84.6 Å². The SMILES string of the molecule is O=C(Nc1ccc(Cl)cc1)c1ccc(Sc2ccc(C(=O)Nc3ccc(Cl)cc3)cc2)cc1. The summed E-state index contributed by atoms with van der Waals surface area (Å²) in [5.74, 6) is -0.380. The highest BCUT2D eigenvalue weighted by Gasteiger charge is 2.09. The molecule has 0 aliphatic heterocycles. The summed E-state index contributed by atoms with van der Waals surface area (Å²) in [4.78, 5) is 26.8. The first-order chi connectivity index (χ1) is 16.0. The first kappa shape index (κ1) is 22.9. The minimum atomic E-state index is -0.190. The summed E-state index contributed by atoms with van der Waals surface area (Å²) in [6, 6.07) is 28.6. The standard InChI is InChI=1S/C26H18Cl2N2O2S/c27-19-5-9-21(10-6-19)29-25(31)17-1-13-23(14-2-17)33-24-15-3-18(4-16-24)26(32)30-22-11-7-20(28)8-12-22/h1-16H,(H,29,31)(H,30,32). The third-order valence-corrected chi connectivity index (χ3v) is 6.19. The lowest BCUT2D eigenvalue weighted by molar-refractivity contribution is 0.101. The molecular weight excluding hydrogens is 475 g/mol. The van der Waals surface area contributed by atoms with E-state index in [4.69, 9.17) is 23.2 Å². The summed E-state index contributed by atoms with van der Waals surface area (Å²) in [5, 5.41) is 6.92. The minimum absolute atomic E-state index is 0.190. The van der Waals surface area contributed by atoms with E-state index in [0.29, 0.717) is 32.5 Å². The molecule has 4 rings (SSSR count). The number of halogens is 2. The Balaban J connectivity index is 1.34. The van der Waals surface area contributed by atoms with Crippen LogP contribution in [0.5, 0.6) is 0 Å². The van der Waals surface area contributed by atoms with Gasteiger partial charge in [0.2, 0.25) is 0 Å². The van der Waals surface area contributed by atoms with E-state index < -0.39 is 0 Å². The number of amides is 2. The molecule has 0 spiro atoms. The van der Waals surface area contributed by atoms with Gasteiger partial charge in [-0.15, -0.1) is 0 Å². The molecule has 2 amide bonds. The maximum absolute atomic E-state index is 12.4. The minimum Gasteiger partial charge on any atom is -0.322 e. The van der Waals surface area contributed by atoms with E-state index in [1.165, 1.54) is 0 Å². The van der Waals surface area contributed by atoms with Crippen molar-refractivity contribution in [2.24, 2.45) is 0 Å². The van der Waals surface area contributed by atoms with Crippen LogP contribution in [0.1, 0.15) is 20.7 Å². The molecule has 0 saturated heterocycles. The van der Waals surface area contributed by atoms with Crippen molar-refractivity contribution >= 4 is 58.2 Å². The van der Waals surface area contributed by atoms with Crippen LogP contribution in [0.3, 0.4) is 0 Å². The molecule has 2 N–H and O–H groups in total. The van der Waals surface area contributed by atoms with Gasteiger partial charge in [-0.05, 0) is 97.1 Å². The van der Waals surface area contributed by atoms with Gasteiger partial charge in [0.25, 0.3) is 11.8 Å². The fraction of sp³-hybridized carbons (Fsp3) is 0. The lowest BCUT2D eigenvalue weighted by Gasteiger charge is -2.08. The summed E-state index contributed by atoms with van der Waals surface area (Å²) in [6.07, 6.45) is 0. The zero-order valence-electron chi connectivity index (χ0n) is 17.2. The van der Waals surface area contributed by atoms with Crippen LogP contribution in [0.2, 0.25) is 10.0 Å². The van der Waals surface area contributed by atoms with Gasteiger partial charge in [0.05, 0.1) is 0 Å². The fourth-order valence-electron chi connectivity index (χ4n) is 2.96. The molecule has 0 heterocycles. The second-order valence-electron chi connectivity index (χ2n) is 7.07. The number of anilines is 2. The number of nitrogens with one attached hydrogen (secondary N) is 2. The highest BCUT2D eigenvalue weighted by atomic mass is 35.5. The average Bonchev–Trinajstić information content (AvgIpc) is 2.83. The molecule has 0 radical (unpaired) electrons. The normalized spacial score (nSPS) is 10.5. The van der Waals surface area contributed by atoms with Crippen LogP contribution in [0.15, 0.2) is 107 Å². The van der Waals surface area contributed by atoms with E-state index in [9.17, 15) is 9.59 Å². The number of carbonyl (C=O) groups excluding carboxylic acids is 2. The molecular formula is C26H18Cl2N2O2S. The molecule has 0 unspecified atom stereocenters. The van der Waals surface area contributed by atoms with Crippen molar-refractivity contribution in [2.75, 3.05) is 10.6 Å². The van der Waals surface area contributed by atoms with Gasteiger partial charge in [-0.25, -0.2) is 0 Å². The summed E-state index contributed by atoms with van der Waals surface area (Å²) in [7, 11) is 0. The predicted molar refractivity (Wildman–Crippen MR) is 136 cm³/mol. The highest BCUT2D eigenvalue weighted by molar-refractivity contribution is 7.99. The van der Waals surface area contributed by atoms with Crippen LogP contribution in [-0.4, -0.2) is 11.8 Å². The lowest BCUT2D eigenvalue weighted by atomic mass is 10.2. The Hall–Kier alpha value is -3.25. The number of rotatable bonds is 6. The largest absolute Gasteiger partial charge is 0.322 e. The topological polar surface area (TPSA) is 58.2 Å². The van der Waals surface area contributed by atoms with Gasteiger partial charge in [0, 0.05) is 42.3 Å². The maximum atomic E-state index is 12.4. The van der Waals surface area contributed by atoms with Crippen LogP contribution in [-0.2, 0) is 0 Å². The molecule has 33 heavy (non-hydrogen) atoms. The molecule has 4 nitrogen and oxygen atoms in total. The molecule has 0 fully saturated rings. The van der Waals surface area contributed by atoms with E-state index in [-0.39, 0.29) is 11.8 Å². The van der Waals surface area contributed by atoms with E-state index in [0.717, 1.165) is 9.79 Å². The maximum Gasteiger partial charge on any atom is 0.255 e. The van der Waals surface area contributed by atoms with Crippen LogP contribution in [0.4, 0.5) is 11.4 Å². The van der Waals surface area contributed by atoms with E-state index in [2.05, 4.69) is 10.6 Å². The summed E-state index contributed by atoms with van der Waals surface area (Å²) in [5.41, 5.74) is 2.48. The Labute approximate surface area is 205 Å². The Morgan fingerprint density at radius 1 is 0.515 bits per heavy atom. The van der Waals surface area contributed by atoms with Crippen molar-refractivity contribution in [2.45, 2.75) is 9.79 Å². The lowest BCUT2D eigenvalue weighted by Crippen LogP contribution is -2.11. The molecule has 4 aromatic rings. The van der Waals surface area contributed by atoms with Gasteiger partial charge in [0.1, 0.15) is 0 Å². The number of benzene rings is 4. The van der Waals surface area contributed by atoms with Crippen molar-refractivity contribution in [1.29, 1.82) is 0 Å². The van der Waals surface area contributed by atoms with Crippen molar-refractivity contribution in [3.8, 4) is 0 Å². The Kier molecular flexibility index (Phi) is 7.35. The molecule has 0 saturated carbocycles. The quantitative estimate of drug-likeness (QED) is 0.290. The van der Waals surface area contributed by atoms with Crippen LogP contribution < -0.4 is 10.6 Å². The molecule has 0 atom stereocenters. The Morgan fingerprint density at radius 3 is 1.18 bits per heavy atom. The van der Waals surface area contributed by atoms with Gasteiger partial charge < -0.3 is 10.6 Å². The zero-order valence-corrected chi connectivity index (χ0v) is 19.5. The van der Waals surface area contributed by atoms with Crippen molar-refractivity contribution in [1.82, 2.24) is 0 Å². The van der Waals surface area contributed by atoms with Crippen molar-refractivity contribution in [3.63, 3.8) is 0 Å². The van der Waals surface area contributed by atoms with E-state index >= 15 is 0 Å².